The summed E-state index contributed by atoms with van der Waals surface area (Å²) in [5.41, 5.74) is 0. The minimum absolute atomic E-state index is 0.203. The Morgan fingerprint density at radius 2 is 1.09 bits per heavy atom. The van der Waals surface area contributed by atoms with Crippen LogP contribution in [0.5, 0.6) is 0 Å². The van der Waals surface area contributed by atoms with Gasteiger partial charge >= 0.3 is 0 Å². The summed E-state index contributed by atoms with van der Waals surface area (Å²) in [5.74, 6) is 0. The van der Waals surface area contributed by atoms with Crippen molar-refractivity contribution >= 4 is 27.5 Å². The maximum atomic E-state index is 2.45. The van der Waals surface area contributed by atoms with Gasteiger partial charge in [-0.05, 0) is 51.4 Å². The van der Waals surface area contributed by atoms with Gasteiger partial charge in [0.25, 0.3) is 0 Å². The van der Waals surface area contributed by atoms with E-state index in [0.717, 1.165) is 0 Å². The van der Waals surface area contributed by atoms with Crippen LogP contribution in [0.1, 0.15) is 0 Å². The van der Waals surface area contributed by atoms with E-state index >= 15 is 0 Å². The first-order valence-electron chi connectivity index (χ1n) is 3.80. The Labute approximate surface area is 74.6 Å². The van der Waals surface area contributed by atoms with Crippen LogP contribution in [0.15, 0.2) is 0 Å². The van der Waals surface area contributed by atoms with Crippen LogP contribution in [-0.2, 0) is 0 Å². The second-order valence-electron chi connectivity index (χ2n) is 4.10. The van der Waals surface area contributed by atoms with Crippen molar-refractivity contribution in [2.45, 2.75) is 0 Å². The molecule has 0 unspecified atom stereocenters. The molecule has 68 valence electrons. The minimum Gasteiger partial charge on any atom is -0.105 e. The summed E-state index contributed by atoms with van der Waals surface area (Å²) in [7, 11) is 0.407. The average Bonchev–Trinajstić information content (AvgIpc) is 1.54. The third-order valence-electron chi connectivity index (χ3n) is 1.40. The summed E-state index contributed by atoms with van der Waals surface area (Å²) in [4.78, 5) is 0. The van der Waals surface area contributed by atoms with Crippen molar-refractivity contribution in [1.82, 2.24) is 0 Å². The maximum Gasteiger partial charge on any atom is -0.0268 e. The van der Waals surface area contributed by atoms with Gasteiger partial charge < -0.3 is 0 Å². The highest BCUT2D eigenvalue weighted by Crippen LogP contribution is 2.57. The molecule has 0 saturated carbocycles. The molecule has 0 aliphatic heterocycles. The number of hydrogen-bond donors (Lipinski definition) is 0. The maximum absolute atomic E-state index is 2.45. The Balaban J connectivity index is 4.91. The Morgan fingerprint density at radius 1 is 0.818 bits per heavy atom. The zero-order valence-corrected chi connectivity index (χ0v) is 11.5. The van der Waals surface area contributed by atoms with Crippen LogP contribution in [0.3, 0.4) is 0 Å². The average molecular weight is 210 g/mol. The van der Waals surface area contributed by atoms with E-state index < -0.39 is 6.89 Å². The SMILES string of the molecule is CP(C)C(P(C)C)=P(C)(C)C. The van der Waals surface area contributed by atoms with Gasteiger partial charge in [-0.15, -0.1) is 6.89 Å². The zero-order chi connectivity index (χ0) is 9.23. The van der Waals surface area contributed by atoms with Crippen molar-refractivity contribution in [1.29, 1.82) is 0 Å². The number of hydrogen-bond acceptors (Lipinski definition) is 0. The van der Waals surface area contributed by atoms with Crippen molar-refractivity contribution in [3.63, 3.8) is 0 Å². The van der Waals surface area contributed by atoms with Crippen molar-refractivity contribution in [3.05, 3.63) is 0 Å². The van der Waals surface area contributed by atoms with E-state index in [1.54, 1.807) is 0 Å². The largest absolute Gasteiger partial charge is 0.105 e. The van der Waals surface area contributed by atoms with Gasteiger partial charge in [-0.3, -0.25) is 0 Å². The van der Waals surface area contributed by atoms with Crippen molar-refractivity contribution in [3.8, 4) is 0 Å². The van der Waals surface area contributed by atoms with E-state index in [2.05, 4.69) is 46.7 Å². The van der Waals surface area contributed by atoms with E-state index in [9.17, 15) is 0 Å². The van der Waals surface area contributed by atoms with Crippen molar-refractivity contribution < 1.29 is 0 Å². The fraction of sp³-hybridized carbons (Fsp3) is 0.875. The molecular formula is C8H21P3. The van der Waals surface area contributed by atoms with Crippen LogP contribution in [0.25, 0.3) is 0 Å². The first-order valence-corrected chi connectivity index (χ1v) is 11.4. The van der Waals surface area contributed by atoms with Crippen molar-refractivity contribution in [2.75, 3.05) is 46.7 Å². The molecule has 0 atom stereocenters. The van der Waals surface area contributed by atoms with Crippen LogP contribution in [0.4, 0.5) is 0 Å². The molecule has 0 aromatic carbocycles. The monoisotopic (exact) mass is 210 g/mol. The summed E-state index contributed by atoms with van der Waals surface area (Å²) in [6, 6.07) is 0. The molecule has 0 fully saturated rings. The van der Waals surface area contributed by atoms with Crippen molar-refractivity contribution in [2.24, 2.45) is 0 Å². The highest BCUT2D eigenvalue weighted by molar-refractivity contribution is 8.14. The van der Waals surface area contributed by atoms with Crippen LogP contribution in [0, 0.1) is 0 Å². The predicted octanol–water partition coefficient (Wildman–Crippen LogP) is 3.46. The minimum atomic E-state index is -0.664. The molecule has 0 nitrogen and oxygen atoms in total. The summed E-state index contributed by atoms with van der Waals surface area (Å²) in [6.45, 7) is 16.3. The Bertz CT molecular complexity index is 156. The van der Waals surface area contributed by atoms with Gasteiger partial charge in [0, 0.05) is 0 Å². The Morgan fingerprint density at radius 3 is 1.09 bits per heavy atom. The van der Waals surface area contributed by atoms with Gasteiger partial charge in [-0.25, -0.2) is 0 Å². The van der Waals surface area contributed by atoms with E-state index in [1.807, 2.05) is 4.78 Å². The van der Waals surface area contributed by atoms with Gasteiger partial charge in [-0.1, -0.05) is 15.8 Å². The first-order chi connectivity index (χ1) is 4.76. The lowest BCUT2D eigenvalue weighted by molar-refractivity contribution is 2.10. The molecule has 0 amide bonds. The fourth-order valence-corrected chi connectivity index (χ4v) is 14.4. The van der Waals surface area contributed by atoms with Gasteiger partial charge in [0.15, 0.2) is 0 Å². The predicted molar refractivity (Wildman–Crippen MR) is 67.2 cm³/mol. The Kier molecular flexibility index (Phi) is 4.88. The smallest absolute Gasteiger partial charge is 0.0268 e. The van der Waals surface area contributed by atoms with E-state index in [4.69, 9.17) is 0 Å². The van der Waals surface area contributed by atoms with Gasteiger partial charge in [0.05, 0.1) is 0 Å². The summed E-state index contributed by atoms with van der Waals surface area (Å²) in [6.07, 6.45) is 0. The second-order valence-corrected chi connectivity index (χ2v) is 14.1. The highest BCUT2D eigenvalue weighted by Gasteiger charge is 2.13. The summed E-state index contributed by atoms with van der Waals surface area (Å²) in [5, 5.41) is 0. The standard InChI is InChI=1S/C8H21P3/c1-9(2)8(10(3)4)11(5,6)7/h1-7H3. The van der Waals surface area contributed by atoms with Gasteiger partial charge in [0.2, 0.25) is 0 Å². The van der Waals surface area contributed by atoms with Gasteiger partial charge in [0.1, 0.15) is 0 Å². The topological polar surface area (TPSA) is 0 Å². The van der Waals surface area contributed by atoms with E-state index in [0.29, 0.717) is 0 Å². The molecular weight excluding hydrogens is 189 g/mol. The molecule has 0 aliphatic rings. The lowest BCUT2D eigenvalue weighted by Crippen LogP contribution is -1.94. The van der Waals surface area contributed by atoms with Crippen LogP contribution >= 0.6 is 22.7 Å². The highest BCUT2D eigenvalue weighted by atomic mass is 31.2. The molecule has 0 N–H and O–H groups in total. The Hall–Kier alpha value is 1.16. The molecule has 0 saturated heterocycles. The molecule has 0 rings (SSSR count). The van der Waals surface area contributed by atoms with Crippen LogP contribution in [-0.4, -0.2) is 51.4 Å². The molecule has 3 heteroatoms. The fourth-order valence-electron chi connectivity index (χ4n) is 1.60. The summed E-state index contributed by atoms with van der Waals surface area (Å²) >= 11 is 0. The van der Waals surface area contributed by atoms with Crippen LogP contribution in [0.2, 0.25) is 0 Å². The molecule has 0 aliphatic carbocycles. The molecule has 0 bridgehead atoms. The third kappa shape index (κ3) is 4.07. The first kappa shape index (κ1) is 12.2. The van der Waals surface area contributed by atoms with E-state index in [-0.39, 0.29) is 15.8 Å². The lowest BCUT2D eigenvalue weighted by atomic mass is 11.8. The van der Waals surface area contributed by atoms with Crippen LogP contribution < -0.4 is 0 Å². The quantitative estimate of drug-likeness (QED) is 0.612. The van der Waals surface area contributed by atoms with E-state index in [1.165, 1.54) is 0 Å². The molecule has 0 spiro atoms. The lowest BCUT2D eigenvalue weighted by Gasteiger charge is -2.25. The molecule has 0 heterocycles. The second kappa shape index (κ2) is 4.41. The molecule has 0 aromatic rings. The molecule has 0 radical (unpaired) electrons. The summed E-state index contributed by atoms with van der Waals surface area (Å²) < 4.78 is 1.92. The normalized spacial score (nSPS) is 12.8. The van der Waals surface area contributed by atoms with Gasteiger partial charge in [-0.2, -0.15) is 0 Å². The number of rotatable bonds is 2. The third-order valence-corrected chi connectivity index (χ3v) is 12.6. The molecule has 0 aromatic heterocycles. The zero-order valence-electron chi connectivity index (χ0n) is 8.84. The molecule has 11 heavy (non-hydrogen) atoms.